The van der Waals surface area contributed by atoms with Crippen LogP contribution in [-0.2, 0) is 6.42 Å². The Hall–Kier alpha value is -1.19. The Morgan fingerprint density at radius 1 is 1.43 bits per heavy atom. The molecule has 0 atom stereocenters. The lowest BCUT2D eigenvalue weighted by atomic mass is 10.1. The van der Waals surface area contributed by atoms with Crippen LogP contribution < -0.4 is 0 Å². The van der Waals surface area contributed by atoms with Crippen LogP contribution in [0.3, 0.4) is 0 Å². The molecule has 1 rings (SSSR count). The fourth-order valence-corrected chi connectivity index (χ4v) is 1.16. The molecular formula is C9H6F3NS. The van der Waals surface area contributed by atoms with Gasteiger partial charge in [-0.2, -0.15) is 4.99 Å². The van der Waals surface area contributed by atoms with Gasteiger partial charge < -0.3 is 0 Å². The zero-order valence-corrected chi connectivity index (χ0v) is 7.82. The van der Waals surface area contributed by atoms with Crippen molar-refractivity contribution in [1.29, 1.82) is 0 Å². The van der Waals surface area contributed by atoms with Gasteiger partial charge in [0.15, 0.2) is 0 Å². The summed E-state index contributed by atoms with van der Waals surface area (Å²) in [4.78, 5) is 3.51. The van der Waals surface area contributed by atoms with E-state index in [1.807, 2.05) is 5.16 Å². The minimum atomic E-state index is -2.61. The molecule has 0 saturated heterocycles. The molecule has 0 saturated carbocycles. The molecule has 0 aromatic heterocycles. The molecule has 1 aromatic carbocycles. The first-order chi connectivity index (χ1) is 6.65. The third-order valence-corrected chi connectivity index (χ3v) is 1.71. The Morgan fingerprint density at radius 2 is 2.14 bits per heavy atom. The zero-order valence-electron chi connectivity index (χ0n) is 7.01. The van der Waals surface area contributed by atoms with Gasteiger partial charge in [0.1, 0.15) is 5.82 Å². The number of benzene rings is 1. The van der Waals surface area contributed by atoms with Gasteiger partial charge >= 0.3 is 0 Å². The maximum absolute atomic E-state index is 13.1. The Bertz CT molecular complexity index is 372. The lowest BCUT2D eigenvalue weighted by molar-refractivity contribution is 0.148. The molecule has 5 heteroatoms. The van der Waals surface area contributed by atoms with Gasteiger partial charge in [0.25, 0.3) is 0 Å². The van der Waals surface area contributed by atoms with Crippen molar-refractivity contribution in [2.45, 2.75) is 12.8 Å². The molecule has 0 aliphatic rings. The van der Waals surface area contributed by atoms with Crippen molar-refractivity contribution in [2.75, 3.05) is 0 Å². The van der Waals surface area contributed by atoms with Crippen LogP contribution in [0, 0.1) is 5.82 Å². The van der Waals surface area contributed by atoms with Crippen molar-refractivity contribution in [3.05, 3.63) is 29.6 Å². The summed E-state index contributed by atoms with van der Waals surface area (Å²) in [5, 5.41) is 2.02. The molecule has 0 fully saturated rings. The van der Waals surface area contributed by atoms with Crippen LogP contribution in [0.15, 0.2) is 23.2 Å². The summed E-state index contributed by atoms with van der Waals surface area (Å²) >= 11 is 4.32. The molecular weight excluding hydrogens is 211 g/mol. The molecule has 0 aliphatic carbocycles. The minimum Gasteiger partial charge on any atom is -0.210 e. The van der Waals surface area contributed by atoms with E-state index >= 15 is 0 Å². The van der Waals surface area contributed by atoms with E-state index in [-0.39, 0.29) is 11.3 Å². The van der Waals surface area contributed by atoms with Crippen LogP contribution in [0.25, 0.3) is 0 Å². The number of isothiocyanates is 1. The van der Waals surface area contributed by atoms with Gasteiger partial charge in [-0.3, -0.25) is 0 Å². The molecule has 74 valence electrons. The molecule has 0 bridgehead atoms. The number of thiocarbonyl (C=S) groups is 1. The summed E-state index contributed by atoms with van der Waals surface area (Å²) in [6.45, 7) is 0. The third-order valence-electron chi connectivity index (χ3n) is 1.62. The van der Waals surface area contributed by atoms with Gasteiger partial charge in [-0.25, -0.2) is 13.2 Å². The first kappa shape index (κ1) is 10.9. The first-order valence-electron chi connectivity index (χ1n) is 3.78. The normalized spacial score (nSPS) is 10.0. The highest BCUT2D eigenvalue weighted by Crippen LogP contribution is 2.23. The van der Waals surface area contributed by atoms with Crippen LogP contribution in [-0.4, -0.2) is 11.6 Å². The molecule has 0 heterocycles. The van der Waals surface area contributed by atoms with Crippen molar-refractivity contribution >= 4 is 23.1 Å². The van der Waals surface area contributed by atoms with Crippen LogP contribution in [0.1, 0.15) is 5.56 Å². The Morgan fingerprint density at radius 3 is 2.71 bits per heavy atom. The number of halogens is 3. The summed E-state index contributed by atoms with van der Waals surface area (Å²) in [5.41, 5.74) is -0.0137. The largest absolute Gasteiger partial charge is 0.242 e. The topological polar surface area (TPSA) is 12.4 Å². The predicted molar refractivity (Wildman–Crippen MR) is 50.8 cm³/mol. The molecule has 1 aromatic rings. The molecule has 0 N–H and O–H groups in total. The van der Waals surface area contributed by atoms with Crippen molar-refractivity contribution in [1.82, 2.24) is 0 Å². The number of hydrogen-bond acceptors (Lipinski definition) is 2. The zero-order chi connectivity index (χ0) is 10.6. The highest BCUT2D eigenvalue weighted by molar-refractivity contribution is 7.78. The SMILES string of the molecule is Fc1cccc(N=C=S)c1CC(F)F. The van der Waals surface area contributed by atoms with Gasteiger partial charge in [-0.05, 0) is 24.4 Å². The van der Waals surface area contributed by atoms with E-state index in [1.165, 1.54) is 12.1 Å². The van der Waals surface area contributed by atoms with E-state index in [0.717, 1.165) is 6.07 Å². The number of rotatable bonds is 3. The average Bonchev–Trinajstić information content (AvgIpc) is 2.11. The number of alkyl halides is 2. The van der Waals surface area contributed by atoms with Crippen molar-refractivity contribution in [2.24, 2.45) is 4.99 Å². The number of aliphatic imine (C=N–C) groups is 1. The first-order valence-corrected chi connectivity index (χ1v) is 4.19. The van der Waals surface area contributed by atoms with Crippen molar-refractivity contribution in [3.63, 3.8) is 0 Å². The monoisotopic (exact) mass is 217 g/mol. The Balaban J connectivity index is 3.14. The number of hydrogen-bond donors (Lipinski definition) is 0. The second-order valence-electron chi connectivity index (χ2n) is 2.54. The molecule has 0 unspecified atom stereocenters. The van der Waals surface area contributed by atoms with E-state index in [1.54, 1.807) is 0 Å². The van der Waals surface area contributed by atoms with Gasteiger partial charge in [0, 0.05) is 12.0 Å². The predicted octanol–water partition coefficient (Wildman–Crippen LogP) is 3.37. The second-order valence-corrected chi connectivity index (χ2v) is 2.72. The van der Waals surface area contributed by atoms with Crippen LogP contribution >= 0.6 is 12.2 Å². The van der Waals surface area contributed by atoms with E-state index < -0.39 is 18.7 Å². The van der Waals surface area contributed by atoms with Gasteiger partial charge in [-0.1, -0.05) is 6.07 Å². The van der Waals surface area contributed by atoms with Gasteiger partial charge in [-0.15, -0.1) is 0 Å². The lowest BCUT2D eigenvalue weighted by Gasteiger charge is -2.04. The summed E-state index contributed by atoms with van der Waals surface area (Å²) in [6.07, 6.45) is -3.27. The van der Waals surface area contributed by atoms with Gasteiger partial charge in [0.05, 0.1) is 10.8 Å². The standard InChI is InChI=1S/C9H6F3NS/c10-7-2-1-3-8(13-5-14)6(7)4-9(11)12/h1-3,9H,4H2. The minimum absolute atomic E-state index is 0.111. The fraction of sp³-hybridized carbons (Fsp3) is 0.222. The summed E-state index contributed by atoms with van der Waals surface area (Å²) in [6, 6.07) is 3.91. The maximum atomic E-state index is 13.1. The van der Waals surface area contributed by atoms with Crippen molar-refractivity contribution in [3.8, 4) is 0 Å². The van der Waals surface area contributed by atoms with Crippen LogP contribution in [0.2, 0.25) is 0 Å². The molecule has 1 nitrogen and oxygen atoms in total. The third kappa shape index (κ3) is 2.65. The second kappa shape index (κ2) is 4.88. The van der Waals surface area contributed by atoms with E-state index in [2.05, 4.69) is 17.2 Å². The summed E-state index contributed by atoms with van der Waals surface area (Å²) < 4.78 is 37.2. The average molecular weight is 217 g/mol. The van der Waals surface area contributed by atoms with Crippen LogP contribution in [0.4, 0.5) is 18.9 Å². The molecule has 0 aliphatic heterocycles. The lowest BCUT2D eigenvalue weighted by Crippen LogP contribution is -1.99. The summed E-state index contributed by atoms with van der Waals surface area (Å²) in [7, 11) is 0. The van der Waals surface area contributed by atoms with Gasteiger partial charge in [0.2, 0.25) is 6.43 Å². The fourth-order valence-electron chi connectivity index (χ4n) is 1.06. The summed E-state index contributed by atoms with van der Waals surface area (Å²) in [5.74, 6) is -0.697. The smallest absolute Gasteiger partial charge is 0.210 e. The Kier molecular flexibility index (Phi) is 3.80. The number of nitrogens with zero attached hydrogens (tertiary/aromatic N) is 1. The molecule has 14 heavy (non-hydrogen) atoms. The van der Waals surface area contributed by atoms with Crippen molar-refractivity contribution < 1.29 is 13.2 Å². The molecule has 0 spiro atoms. The van der Waals surface area contributed by atoms with E-state index in [0.29, 0.717) is 0 Å². The van der Waals surface area contributed by atoms with Crippen LogP contribution in [0.5, 0.6) is 0 Å². The van der Waals surface area contributed by atoms with E-state index in [4.69, 9.17) is 0 Å². The highest BCUT2D eigenvalue weighted by Gasteiger charge is 2.13. The molecule has 0 radical (unpaired) electrons. The maximum Gasteiger partial charge on any atom is 0.242 e. The Labute approximate surface area is 84.3 Å². The quantitative estimate of drug-likeness (QED) is 0.558. The van der Waals surface area contributed by atoms with E-state index in [9.17, 15) is 13.2 Å². The highest BCUT2D eigenvalue weighted by atomic mass is 32.1. The molecule has 0 amide bonds.